The first-order chi connectivity index (χ1) is 14.5. The molecular weight excluding hydrogens is 378 g/mol. The molecular formula is C24H25N3O3. The predicted octanol–water partition coefficient (Wildman–Crippen LogP) is 4.07. The Morgan fingerprint density at radius 1 is 1.07 bits per heavy atom. The first-order valence-corrected chi connectivity index (χ1v) is 10.1. The lowest BCUT2D eigenvalue weighted by Gasteiger charge is -2.28. The molecule has 1 heterocycles. The Kier molecular flexibility index (Phi) is 7.23. The third-order valence-corrected chi connectivity index (χ3v) is 4.94. The Balaban J connectivity index is 1.51. The molecule has 0 unspecified atom stereocenters. The van der Waals surface area contributed by atoms with Crippen LogP contribution in [0.15, 0.2) is 54.1 Å². The van der Waals surface area contributed by atoms with Gasteiger partial charge in [-0.05, 0) is 62.1 Å². The van der Waals surface area contributed by atoms with E-state index in [2.05, 4.69) is 10.2 Å². The van der Waals surface area contributed by atoms with Crippen molar-refractivity contribution in [1.29, 1.82) is 5.26 Å². The average molecular weight is 403 g/mol. The first kappa shape index (κ1) is 21.1. The third-order valence-electron chi connectivity index (χ3n) is 4.94. The number of nitrogens with zero attached hydrogens (tertiary/aromatic N) is 2. The fourth-order valence-electron chi connectivity index (χ4n) is 3.28. The van der Waals surface area contributed by atoms with Crippen molar-refractivity contribution in [3.05, 3.63) is 65.2 Å². The molecule has 154 valence electrons. The van der Waals surface area contributed by atoms with Gasteiger partial charge in [-0.1, -0.05) is 29.8 Å². The van der Waals surface area contributed by atoms with Crippen LogP contribution in [0.5, 0.6) is 0 Å². The quantitative estimate of drug-likeness (QED) is 0.447. The summed E-state index contributed by atoms with van der Waals surface area (Å²) < 4.78 is 4.99. The summed E-state index contributed by atoms with van der Waals surface area (Å²) in [5, 5.41) is 11.9. The van der Waals surface area contributed by atoms with Crippen LogP contribution in [0.1, 0.15) is 30.4 Å². The normalized spacial score (nSPS) is 14.0. The minimum Gasteiger partial charge on any atom is -0.451 e. The van der Waals surface area contributed by atoms with Gasteiger partial charge in [0.1, 0.15) is 11.6 Å². The highest BCUT2D eigenvalue weighted by molar-refractivity contribution is 6.00. The predicted molar refractivity (Wildman–Crippen MR) is 117 cm³/mol. The summed E-state index contributed by atoms with van der Waals surface area (Å²) in [6.07, 6.45) is 5.12. The molecule has 1 saturated heterocycles. The minimum absolute atomic E-state index is 0.155. The Labute approximate surface area is 176 Å². The van der Waals surface area contributed by atoms with Gasteiger partial charge in [0, 0.05) is 24.5 Å². The van der Waals surface area contributed by atoms with Gasteiger partial charge < -0.3 is 15.0 Å². The maximum atomic E-state index is 12.1. The largest absolute Gasteiger partial charge is 0.451 e. The molecule has 0 spiro atoms. The molecule has 1 aliphatic heterocycles. The van der Waals surface area contributed by atoms with Crippen molar-refractivity contribution in [3.63, 3.8) is 0 Å². The number of carbonyl (C=O) groups excluding carboxylic acids is 2. The number of anilines is 2. The number of hydrogen-bond acceptors (Lipinski definition) is 5. The summed E-state index contributed by atoms with van der Waals surface area (Å²) in [6, 6.07) is 16.8. The summed E-state index contributed by atoms with van der Waals surface area (Å²) in [7, 11) is 0. The number of carbonyl (C=O) groups is 2. The van der Waals surface area contributed by atoms with Crippen LogP contribution in [-0.4, -0.2) is 31.6 Å². The molecule has 0 bridgehead atoms. The van der Waals surface area contributed by atoms with Crippen LogP contribution in [0, 0.1) is 18.3 Å². The summed E-state index contributed by atoms with van der Waals surface area (Å²) in [6.45, 7) is 3.60. The Morgan fingerprint density at radius 2 is 1.73 bits per heavy atom. The van der Waals surface area contributed by atoms with Gasteiger partial charge in [0.15, 0.2) is 6.61 Å². The van der Waals surface area contributed by atoms with Crippen molar-refractivity contribution in [1.82, 2.24) is 0 Å². The summed E-state index contributed by atoms with van der Waals surface area (Å²) in [4.78, 5) is 26.6. The van der Waals surface area contributed by atoms with Crippen LogP contribution in [0.3, 0.4) is 0 Å². The van der Waals surface area contributed by atoms with Crippen LogP contribution < -0.4 is 10.2 Å². The van der Waals surface area contributed by atoms with Crippen LogP contribution in [-0.2, 0) is 14.3 Å². The van der Waals surface area contributed by atoms with Gasteiger partial charge >= 0.3 is 5.97 Å². The molecule has 6 heteroatoms. The summed E-state index contributed by atoms with van der Waals surface area (Å²) in [5.41, 5.74) is 3.41. The monoisotopic (exact) mass is 403 g/mol. The second-order valence-electron chi connectivity index (χ2n) is 7.30. The molecule has 1 aliphatic rings. The lowest BCUT2D eigenvalue weighted by molar-refractivity contribution is -0.142. The van der Waals surface area contributed by atoms with Crippen LogP contribution >= 0.6 is 0 Å². The van der Waals surface area contributed by atoms with Gasteiger partial charge in [0.25, 0.3) is 5.91 Å². The maximum Gasteiger partial charge on any atom is 0.349 e. The van der Waals surface area contributed by atoms with E-state index in [9.17, 15) is 14.9 Å². The van der Waals surface area contributed by atoms with Crippen molar-refractivity contribution in [2.75, 3.05) is 29.9 Å². The molecule has 0 radical (unpaired) electrons. The summed E-state index contributed by atoms with van der Waals surface area (Å²) >= 11 is 0. The van der Waals surface area contributed by atoms with Gasteiger partial charge in [-0.15, -0.1) is 0 Å². The zero-order chi connectivity index (χ0) is 21.3. The molecule has 0 saturated carbocycles. The second kappa shape index (κ2) is 10.3. The number of esters is 1. The fraction of sp³-hybridized carbons (Fsp3) is 0.292. The highest BCUT2D eigenvalue weighted by Crippen LogP contribution is 2.21. The standard InChI is InChI=1S/C24H25N3O3/c1-18-5-7-19(8-6-18)15-20(16-25)24(29)30-17-23(28)26-21-9-11-22(12-10-21)27-13-3-2-4-14-27/h5-12,15H,2-4,13-14,17H2,1H3,(H,26,28)/b20-15+. The number of aryl methyl sites for hydroxylation is 1. The molecule has 0 aromatic heterocycles. The van der Waals surface area contributed by atoms with E-state index < -0.39 is 18.5 Å². The topological polar surface area (TPSA) is 82.4 Å². The zero-order valence-corrected chi connectivity index (χ0v) is 17.1. The smallest absolute Gasteiger partial charge is 0.349 e. The average Bonchev–Trinajstić information content (AvgIpc) is 2.78. The van der Waals surface area contributed by atoms with Crippen molar-refractivity contribution in [2.24, 2.45) is 0 Å². The number of amides is 1. The molecule has 1 amide bonds. The van der Waals surface area contributed by atoms with Crippen molar-refractivity contribution >= 4 is 29.3 Å². The van der Waals surface area contributed by atoms with E-state index in [1.807, 2.05) is 49.4 Å². The Hall–Kier alpha value is -3.59. The SMILES string of the molecule is Cc1ccc(/C=C(\C#N)C(=O)OCC(=O)Nc2ccc(N3CCCCC3)cc2)cc1. The number of hydrogen-bond donors (Lipinski definition) is 1. The molecule has 30 heavy (non-hydrogen) atoms. The number of piperidine rings is 1. The number of rotatable bonds is 6. The van der Waals surface area contributed by atoms with E-state index in [0.29, 0.717) is 11.3 Å². The molecule has 2 aromatic carbocycles. The lowest BCUT2D eigenvalue weighted by atomic mass is 10.1. The van der Waals surface area contributed by atoms with Crippen LogP contribution in [0.2, 0.25) is 0 Å². The van der Waals surface area contributed by atoms with Gasteiger partial charge in [0.2, 0.25) is 0 Å². The van der Waals surface area contributed by atoms with Crippen molar-refractivity contribution in [3.8, 4) is 6.07 Å². The number of nitrogens with one attached hydrogen (secondary N) is 1. The Morgan fingerprint density at radius 3 is 2.37 bits per heavy atom. The van der Waals surface area contributed by atoms with E-state index in [-0.39, 0.29) is 5.57 Å². The van der Waals surface area contributed by atoms with Gasteiger partial charge in [-0.25, -0.2) is 4.79 Å². The minimum atomic E-state index is -0.825. The van der Waals surface area contributed by atoms with Gasteiger partial charge in [-0.2, -0.15) is 5.26 Å². The molecule has 1 fully saturated rings. The number of nitriles is 1. The molecule has 6 nitrogen and oxygen atoms in total. The zero-order valence-electron chi connectivity index (χ0n) is 17.1. The van der Waals surface area contributed by atoms with E-state index in [1.54, 1.807) is 12.1 Å². The van der Waals surface area contributed by atoms with E-state index in [4.69, 9.17) is 4.74 Å². The number of benzene rings is 2. The molecule has 2 aromatic rings. The van der Waals surface area contributed by atoms with E-state index in [1.165, 1.54) is 25.3 Å². The molecule has 0 atom stereocenters. The maximum absolute atomic E-state index is 12.1. The molecule has 0 aliphatic carbocycles. The van der Waals surface area contributed by atoms with E-state index >= 15 is 0 Å². The second-order valence-corrected chi connectivity index (χ2v) is 7.30. The fourth-order valence-corrected chi connectivity index (χ4v) is 3.28. The van der Waals surface area contributed by atoms with Crippen molar-refractivity contribution in [2.45, 2.75) is 26.2 Å². The highest BCUT2D eigenvalue weighted by atomic mass is 16.5. The van der Waals surface area contributed by atoms with Crippen LogP contribution in [0.4, 0.5) is 11.4 Å². The lowest BCUT2D eigenvalue weighted by Crippen LogP contribution is -2.29. The molecule has 3 rings (SSSR count). The first-order valence-electron chi connectivity index (χ1n) is 10.1. The third kappa shape index (κ3) is 5.95. The molecule has 1 N–H and O–H groups in total. The van der Waals surface area contributed by atoms with Crippen molar-refractivity contribution < 1.29 is 14.3 Å². The van der Waals surface area contributed by atoms with E-state index in [0.717, 1.165) is 24.3 Å². The number of ether oxygens (including phenoxy) is 1. The van der Waals surface area contributed by atoms with Gasteiger partial charge in [-0.3, -0.25) is 4.79 Å². The highest BCUT2D eigenvalue weighted by Gasteiger charge is 2.14. The van der Waals surface area contributed by atoms with Gasteiger partial charge in [0.05, 0.1) is 0 Å². The summed E-state index contributed by atoms with van der Waals surface area (Å²) in [5.74, 6) is -1.28. The Bertz CT molecular complexity index is 951. The van der Waals surface area contributed by atoms with Crippen LogP contribution in [0.25, 0.3) is 6.08 Å².